The molecule has 1 aliphatic heterocycles. The lowest BCUT2D eigenvalue weighted by Gasteiger charge is -2.35. The van der Waals surface area contributed by atoms with Crippen LogP contribution in [0, 0.1) is 0 Å². The van der Waals surface area contributed by atoms with Crippen LogP contribution in [0.1, 0.15) is 15.9 Å². The molecule has 0 bridgehead atoms. The SMILES string of the molecule is O=C1N[C@]2(O)C(=O)c3ccccc3[C@]2(O)N1c1cccc(Cl)c1. The average Bonchev–Trinajstić information content (AvgIpc) is 2.83. The first-order chi connectivity index (χ1) is 10.9. The second-order valence-corrected chi connectivity index (χ2v) is 5.94. The van der Waals surface area contributed by atoms with E-state index in [2.05, 4.69) is 5.32 Å². The average molecular weight is 331 g/mol. The van der Waals surface area contributed by atoms with Crippen LogP contribution >= 0.6 is 11.6 Å². The number of carbonyl (C=O) groups is 2. The number of nitrogens with zero attached hydrogens (tertiary/aromatic N) is 1. The van der Waals surface area contributed by atoms with Crippen molar-refractivity contribution in [1.29, 1.82) is 0 Å². The Bertz CT molecular complexity index is 871. The van der Waals surface area contributed by atoms with Crippen molar-refractivity contribution >= 4 is 29.1 Å². The summed E-state index contributed by atoms with van der Waals surface area (Å²) in [6.45, 7) is 0. The van der Waals surface area contributed by atoms with Gasteiger partial charge in [-0.3, -0.25) is 15.0 Å². The molecule has 23 heavy (non-hydrogen) atoms. The zero-order valence-electron chi connectivity index (χ0n) is 11.7. The Labute approximate surface area is 135 Å². The highest BCUT2D eigenvalue weighted by molar-refractivity contribution is 6.31. The fourth-order valence-electron chi connectivity index (χ4n) is 3.24. The van der Waals surface area contributed by atoms with Gasteiger partial charge in [-0.2, -0.15) is 0 Å². The Morgan fingerprint density at radius 1 is 1.04 bits per heavy atom. The van der Waals surface area contributed by atoms with Crippen molar-refractivity contribution in [2.24, 2.45) is 0 Å². The standard InChI is InChI=1S/C16H11ClN2O4/c17-9-4-3-5-10(8-9)19-14(21)18-15(22)13(20)11-6-1-2-7-12(11)16(15,19)23/h1-8,22-23H,(H,18,21)/t15-,16+/m0/s1. The zero-order chi connectivity index (χ0) is 16.4. The van der Waals surface area contributed by atoms with Crippen LogP contribution in [-0.4, -0.2) is 27.8 Å². The van der Waals surface area contributed by atoms with Crippen LogP contribution in [0.2, 0.25) is 5.02 Å². The molecule has 0 unspecified atom stereocenters. The summed E-state index contributed by atoms with van der Waals surface area (Å²) in [6, 6.07) is 11.7. The smallest absolute Gasteiger partial charge is 0.327 e. The molecule has 1 heterocycles. The van der Waals surface area contributed by atoms with E-state index < -0.39 is 23.3 Å². The first-order valence-corrected chi connectivity index (χ1v) is 7.24. The quantitative estimate of drug-likeness (QED) is 0.741. The number of anilines is 1. The normalized spacial score (nSPS) is 28.6. The molecule has 2 aromatic rings. The minimum Gasteiger partial charge on any atom is -0.362 e. The van der Waals surface area contributed by atoms with Gasteiger partial charge in [0.1, 0.15) is 0 Å². The molecule has 0 radical (unpaired) electrons. The molecule has 0 aromatic heterocycles. The summed E-state index contributed by atoms with van der Waals surface area (Å²) < 4.78 is 0. The number of aliphatic hydroxyl groups is 2. The number of amides is 2. The summed E-state index contributed by atoms with van der Waals surface area (Å²) in [5.74, 6) is -0.756. The molecular formula is C16H11ClN2O4. The van der Waals surface area contributed by atoms with E-state index in [1.54, 1.807) is 30.3 Å². The van der Waals surface area contributed by atoms with Gasteiger partial charge < -0.3 is 10.2 Å². The number of urea groups is 1. The van der Waals surface area contributed by atoms with Crippen LogP contribution in [0.15, 0.2) is 48.5 Å². The number of hydrogen-bond donors (Lipinski definition) is 3. The van der Waals surface area contributed by atoms with E-state index in [9.17, 15) is 19.8 Å². The van der Waals surface area contributed by atoms with Gasteiger partial charge in [0.2, 0.25) is 11.5 Å². The van der Waals surface area contributed by atoms with E-state index in [-0.39, 0.29) is 16.8 Å². The van der Waals surface area contributed by atoms with Gasteiger partial charge in [0.15, 0.2) is 0 Å². The van der Waals surface area contributed by atoms with Crippen LogP contribution < -0.4 is 10.2 Å². The maximum absolute atomic E-state index is 12.5. The van der Waals surface area contributed by atoms with Gasteiger partial charge in [-0.05, 0) is 18.2 Å². The number of hydrogen-bond acceptors (Lipinski definition) is 4. The summed E-state index contributed by atoms with van der Waals surface area (Å²) >= 11 is 5.95. The molecule has 7 heteroatoms. The molecule has 4 rings (SSSR count). The summed E-state index contributed by atoms with van der Waals surface area (Å²) in [6.07, 6.45) is 0. The van der Waals surface area contributed by atoms with E-state index in [1.807, 2.05) is 0 Å². The molecular weight excluding hydrogens is 320 g/mol. The van der Waals surface area contributed by atoms with Gasteiger partial charge in [0, 0.05) is 16.1 Å². The number of nitrogens with one attached hydrogen (secondary N) is 1. The second-order valence-electron chi connectivity index (χ2n) is 5.50. The van der Waals surface area contributed by atoms with E-state index in [0.29, 0.717) is 5.02 Å². The zero-order valence-corrected chi connectivity index (χ0v) is 12.4. The lowest BCUT2D eigenvalue weighted by atomic mass is 9.98. The van der Waals surface area contributed by atoms with Gasteiger partial charge >= 0.3 is 6.03 Å². The first-order valence-electron chi connectivity index (χ1n) is 6.86. The van der Waals surface area contributed by atoms with Crippen LogP contribution in [0.4, 0.5) is 10.5 Å². The molecule has 1 fully saturated rings. The predicted octanol–water partition coefficient (Wildman–Crippen LogP) is 1.60. The second kappa shape index (κ2) is 4.32. The molecule has 3 N–H and O–H groups in total. The van der Waals surface area contributed by atoms with Crippen molar-refractivity contribution in [1.82, 2.24) is 5.32 Å². The fourth-order valence-corrected chi connectivity index (χ4v) is 3.42. The third kappa shape index (κ3) is 1.55. The van der Waals surface area contributed by atoms with E-state index in [4.69, 9.17) is 11.6 Å². The molecule has 116 valence electrons. The maximum Gasteiger partial charge on any atom is 0.327 e. The Morgan fingerprint density at radius 2 is 1.78 bits per heavy atom. The third-order valence-electron chi connectivity index (χ3n) is 4.26. The first kappa shape index (κ1) is 14.2. The summed E-state index contributed by atoms with van der Waals surface area (Å²) in [5.41, 5.74) is -4.12. The highest BCUT2D eigenvalue weighted by Gasteiger charge is 2.72. The van der Waals surface area contributed by atoms with Crippen molar-refractivity contribution in [3.63, 3.8) is 0 Å². The molecule has 1 saturated heterocycles. The minimum atomic E-state index is -2.45. The number of Topliss-reactive ketones (excluding diaryl/α,β-unsaturated/α-hetero) is 1. The predicted molar refractivity (Wildman–Crippen MR) is 82.1 cm³/mol. The molecule has 6 nitrogen and oxygen atoms in total. The Hall–Kier alpha value is -2.41. The van der Waals surface area contributed by atoms with Crippen molar-refractivity contribution in [2.75, 3.05) is 4.90 Å². The lowest BCUT2D eigenvalue weighted by molar-refractivity contribution is -0.109. The van der Waals surface area contributed by atoms with Gasteiger partial charge in [0.05, 0.1) is 5.69 Å². The Balaban J connectivity index is 2.00. The van der Waals surface area contributed by atoms with E-state index in [0.717, 1.165) is 4.90 Å². The molecule has 2 amide bonds. The molecule has 2 aliphatic rings. The highest BCUT2D eigenvalue weighted by atomic mass is 35.5. The topological polar surface area (TPSA) is 89.9 Å². The van der Waals surface area contributed by atoms with Crippen LogP contribution in [-0.2, 0) is 5.72 Å². The Morgan fingerprint density at radius 3 is 2.52 bits per heavy atom. The van der Waals surface area contributed by atoms with Crippen molar-refractivity contribution in [2.45, 2.75) is 11.4 Å². The van der Waals surface area contributed by atoms with Gasteiger partial charge in [-0.25, -0.2) is 4.79 Å². The van der Waals surface area contributed by atoms with Crippen molar-refractivity contribution < 1.29 is 19.8 Å². The van der Waals surface area contributed by atoms with E-state index >= 15 is 0 Å². The van der Waals surface area contributed by atoms with E-state index in [1.165, 1.54) is 18.2 Å². The van der Waals surface area contributed by atoms with Gasteiger partial charge in [-0.15, -0.1) is 0 Å². The van der Waals surface area contributed by atoms with Crippen molar-refractivity contribution in [3.8, 4) is 0 Å². The molecule has 1 aliphatic carbocycles. The highest BCUT2D eigenvalue weighted by Crippen LogP contribution is 2.50. The number of rotatable bonds is 1. The monoisotopic (exact) mass is 330 g/mol. The summed E-state index contributed by atoms with van der Waals surface area (Å²) in [5, 5.41) is 24.5. The number of halogens is 1. The van der Waals surface area contributed by atoms with Crippen LogP contribution in [0.5, 0.6) is 0 Å². The number of carbonyl (C=O) groups excluding carboxylic acids is 2. The van der Waals surface area contributed by atoms with Gasteiger partial charge in [0.25, 0.3) is 5.72 Å². The fraction of sp³-hybridized carbons (Fsp3) is 0.125. The summed E-state index contributed by atoms with van der Waals surface area (Å²) in [7, 11) is 0. The van der Waals surface area contributed by atoms with Gasteiger partial charge in [-0.1, -0.05) is 41.9 Å². The molecule has 2 aromatic carbocycles. The Kier molecular flexibility index (Phi) is 2.67. The molecule has 0 spiro atoms. The third-order valence-corrected chi connectivity index (χ3v) is 4.50. The van der Waals surface area contributed by atoms with Crippen molar-refractivity contribution in [3.05, 3.63) is 64.7 Å². The summed E-state index contributed by atoms with van der Waals surface area (Å²) in [4.78, 5) is 25.8. The maximum atomic E-state index is 12.5. The number of fused-ring (bicyclic) bond motifs is 3. The number of ketones is 1. The molecule has 2 atom stereocenters. The number of benzene rings is 2. The lowest BCUT2D eigenvalue weighted by Crippen LogP contribution is -2.59. The largest absolute Gasteiger partial charge is 0.362 e. The minimum absolute atomic E-state index is 0.157. The van der Waals surface area contributed by atoms with Crippen LogP contribution in [0.3, 0.4) is 0 Å². The van der Waals surface area contributed by atoms with Crippen LogP contribution in [0.25, 0.3) is 0 Å². The molecule has 0 saturated carbocycles.